The molecule has 1 aromatic rings. The summed E-state index contributed by atoms with van der Waals surface area (Å²) in [6.07, 6.45) is 1.27. The number of nitrogens with one attached hydrogen (secondary N) is 1. The van der Waals surface area contributed by atoms with Crippen molar-refractivity contribution in [3.05, 3.63) is 35.9 Å². The standard InChI is InChI=1S/C20H29F3N2/c21-20(22,23)17-7-4-8-19(15-17)24-18-10-13-25(14-11-18)12-9-16-5-2-1-3-6-16/h1-3,5-6,17-19,24H,4,7-15H2. The highest BCUT2D eigenvalue weighted by molar-refractivity contribution is 5.14. The number of halogens is 3. The first-order chi connectivity index (χ1) is 12.0. The van der Waals surface area contributed by atoms with Gasteiger partial charge in [-0.1, -0.05) is 36.8 Å². The monoisotopic (exact) mass is 354 g/mol. The van der Waals surface area contributed by atoms with E-state index in [1.54, 1.807) is 0 Å². The molecular formula is C20H29F3N2. The Labute approximate surface area is 148 Å². The lowest BCUT2D eigenvalue weighted by atomic mass is 9.84. The molecule has 0 bridgehead atoms. The number of alkyl halides is 3. The van der Waals surface area contributed by atoms with Crippen molar-refractivity contribution in [3.8, 4) is 0 Å². The summed E-state index contributed by atoms with van der Waals surface area (Å²) in [5.41, 5.74) is 1.36. The molecule has 2 aliphatic rings. The third kappa shape index (κ3) is 5.71. The molecule has 3 rings (SSSR count). The molecule has 1 aromatic carbocycles. The van der Waals surface area contributed by atoms with Gasteiger partial charge in [-0.3, -0.25) is 0 Å². The topological polar surface area (TPSA) is 15.3 Å². The van der Waals surface area contributed by atoms with Gasteiger partial charge in [0.15, 0.2) is 0 Å². The van der Waals surface area contributed by atoms with E-state index in [0.29, 0.717) is 18.9 Å². The Morgan fingerprint density at radius 3 is 2.36 bits per heavy atom. The van der Waals surface area contributed by atoms with Gasteiger partial charge in [0.2, 0.25) is 0 Å². The molecule has 25 heavy (non-hydrogen) atoms. The van der Waals surface area contributed by atoms with Crippen LogP contribution >= 0.6 is 0 Å². The Bertz CT molecular complexity index is 509. The minimum absolute atomic E-state index is 0.0428. The fraction of sp³-hybridized carbons (Fsp3) is 0.700. The third-order valence-corrected chi connectivity index (χ3v) is 5.76. The highest BCUT2D eigenvalue weighted by Gasteiger charge is 2.42. The summed E-state index contributed by atoms with van der Waals surface area (Å²) in [7, 11) is 0. The number of piperidine rings is 1. The van der Waals surface area contributed by atoms with E-state index in [-0.39, 0.29) is 12.5 Å². The molecule has 0 aromatic heterocycles. The first-order valence-electron chi connectivity index (χ1n) is 9.60. The van der Waals surface area contributed by atoms with Crippen molar-refractivity contribution < 1.29 is 13.2 Å². The zero-order valence-corrected chi connectivity index (χ0v) is 14.8. The Kier molecular flexibility index (Phi) is 6.39. The van der Waals surface area contributed by atoms with Crippen LogP contribution in [0.5, 0.6) is 0 Å². The van der Waals surface area contributed by atoms with Gasteiger partial charge in [0.05, 0.1) is 5.92 Å². The summed E-state index contributed by atoms with van der Waals surface area (Å²) >= 11 is 0. The molecule has 1 saturated heterocycles. The molecule has 2 atom stereocenters. The van der Waals surface area contributed by atoms with E-state index >= 15 is 0 Å². The Balaban J connectivity index is 1.37. The molecule has 1 N–H and O–H groups in total. The number of hydrogen-bond donors (Lipinski definition) is 1. The van der Waals surface area contributed by atoms with E-state index < -0.39 is 12.1 Å². The number of benzene rings is 1. The molecule has 1 saturated carbocycles. The summed E-state index contributed by atoms with van der Waals surface area (Å²) in [6, 6.07) is 10.9. The molecule has 1 aliphatic heterocycles. The molecule has 5 heteroatoms. The highest BCUT2D eigenvalue weighted by atomic mass is 19.4. The highest BCUT2D eigenvalue weighted by Crippen LogP contribution is 2.37. The molecule has 0 amide bonds. The van der Waals surface area contributed by atoms with Gasteiger partial charge < -0.3 is 10.2 Å². The maximum absolute atomic E-state index is 12.9. The van der Waals surface area contributed by atoms with Crippen LogP contribution < -0.4 is 5.32 Å². The van der Waals surface area contributed by atoms with Crippen LogP contribution in [0.15, 0.2) is 30.3 Å². The van der Waals surface area contributed by atoms with Crippen LogP contribution in [0.2, 0.25) is 0 Å². The van der Waals surface area contributed by atoms with Crippen molar-refractivity contribution >= 4 is 0 Å². The van der Waals surface area contributed by atoms with Crippen molar-refractivity contribution in [3.63, 3.8) is 0 Å². The van der Waals surface area contributed by atoms with Crippen molar-refractivity contribution in [1.82, 2.24) is 10.2 Å². The van der Waals surface area contributed by atoms with E-state index in [0.717, 1.165) is 45.3 Å². The number of hydrogen-bond acceptors (Lipinski definition) is 2. The summed E-state index contributed by atoms with van der Waals surface area (Å²) < 4.78 is 38.8. The van der Waals surface area contributed by atoms with Crippen LogP contribution in [0.1, 0.15) is 44.1 Å². The molecular weight excluding hydrogens is 325 g/mol. The zero-order valence-electron chi connectivity index (χ0n) is 14.8. The van der Waals surface area contributed by atoms with Gasteiger partial charge in [-0.05, 0) is 57.2 Å². The van der Waals surface area contributed by atoms with Gasteiger partial charge in [0, 0.05) is 18.6 Å². The average molecular weight is 354 g/mol. The second-order valence-corrected chi connectivity index (χ2v) is 7.62. The fourth-order valence-electron chi connectivity index (χ4n) is 4.23. The normalized spacial score (nSPS) is 26.7. The number of nitrogens with zero attached hydrogens (tertiary/aromatic N) is 1. The summed E-state index contributed by atoms with van der Waals surface area (Å²) in [5.74, 6) is -1.11. The van der Waals surface area contributed by atoms with Crippen molar-refractivity contribution in [2.24, 2.45) is 5.92 Å². The first-order valence-corrected chi connectivity index (χ1v) is 9.60. The summed E-state index contributed by atoms with van der Waals surface area (Å²) in [4.78, 5) is 2.48. The van der Waals surface area contributed by atoms with E-state index in [2.05, 4.69) is 34.5 Å². The lowest BCUT2D eigenvalue weighted by molar-refractivity contribution is -0.184. The molecule has 0 radical (unpaired) electrons. The van der Waals surface area contributed by atoms with Gasteiger partial charge in [0.25, 0.3) is 0 Å². The molecule has 2 fully saturated rings. The Morgan fingerprint density at radius 1 is 0.960 bits per heavy atom. The van der Waals surface area contributed by atoms with Crippen LogP contribution in [-0.4, -0.2) is 42.8 Å². The van der Waals surface area contributed by atoms with Crippen molar-refractivity contribution in [1.29, 1.82) is 0 Å². The molecule has 1 aliphatic carbocycles. The third-order valence-electron chi connectivity index (χ3n) is 5.76. The predicted molar refractivity (Wildman–Crippen MR) is 94.5 cm³/mol. The van der Waals surface area contributed by atoms with Crippen LogP contribution in [0.3, 0.4) is 0 Å². The van der Waals surface area contributed by atoms with E-state index in [1.807, 2.05) is 6.07 Å². The van der Waals surface area contributed by atoms with Crippen molar-refractivity contribution in [2.45, 2.75) is 63.2 Å². The van der Waals surface area contributed by atoms with Gasteiger partial charge in [0.1, 0.15) is 0 Å². The van der Waals surface area contributed by atoms with Crippen LogP contribution in [0.25, 0.3) is 0 Å². The second-order valence-electron chi connectivity index (χ2n) is 7.62. The summed E-state index contributed by atoms with van der Waals surface area (Å²) in [5, 5.41) is 3.53. The van der Waals surface area contributed by atoms with Crippen LogP contribution in [-0.2, 0) is 6.42 Å². The molecule has 140 valence electrons. The first kappa shape index (κ1) is 18.7. The number of likely N-dealkylation sites (tertiary alicyclic amines) is 1. The van der Waals surface area contributed by atoms with E-state index in [1.165, 1.54) is 5.56 Å². The van der Waals surface area contributed by atoms with Gasteiger partial charge in [-0.25, -0.2) is 0 Å². The fourth-order valence-corrected chi connectivity index (χ4v) is 4.23. The van der Waals surface area contributed by atoms with Crippen LogP contribution in [0, 0.1) is 5.92 Å². The SMILES string of the molecule is FC(F)(F)C1CCCC(NC2CCN(CCc3ccccc3)CC2)C1. The largest absolute Gasteiger partial charge is 0.391 e. The smallest absolute Gasteiger partial charge is 0.311 e. The van der Waals surface area contributed by atoms with Crippen LogP contribution in [0.4, 0.5) is 13.2 Å². The van der Waals surface area contributed by atoms with Gasteiger partial charge in [-0.15, -0.1) is 0 Å². The van der Waals surface area contributed by atoms with E-state index in [9.17, 15) is 13.2 Å². The van der Waals surface area contributed by atoms with Gasteiger partial charge >= 0.3 is 6.18 Å². The minimum Gasteiger partial charge on any atom is -0.311 e. The number of rotatable bonds is 5. The average Bonchev–Trinajstić information content (AvgIpc) is 2.62. The lowest BCUT2D eigenvalue weighted by Gasteiger charge is -2.37. The molecule has 1 heterocycles. The lowest BCUT2D eigenvalue weighted by Crippen LogP contribution is -2.48. The predicted octanol–water partition coefficient (Wildman–Crippen LogP) is 4.40. The molecule has 2 unspecified atom stereocenters. The zero-order chi connectivity index (χ0) is 17.7. The molecule has 0 spiro atoms. The summed E-state index contributed by atoms with van der Waals surface area (Å²) in [6.45, 7) is 3.15. The maximum atomic E-state index is 12.9. The Hall–Kier alpha value is -1.07. The minimum atomic E-state index is -4.03. The van der Waals surface area contributed by atoms with Crippen molar-refractivity contribution in [2.75, 3.05) is 19.6 Å². The Morgan fingerprint density at radius 2 is 1.68 bits per heavy atom. The van der Waals surface area contributed by atoms with E-state index in [4.69, 9.17) is 0 Å². The quantitative estimate of drug-likeness (QED) is 0.843. The van der Waals surface area contributed by atoms with Gasteiger partial charge in [-0.2, -0.15) is 13.2 Å². The maximum Gasteiger partial charge on any atom is 0.391 e. The second kappa shape index (κ2) is 8.54. The molecule has 2 nitrogen and oxygen atoms in total.